The van der Waals surface area contributed by atoms with Crippen LogP contribution >= 0.6 is 0 Å². The Hall–Kier alpha value is -2.74. The minimum atomic E-state index is -3.34. The topological polar surface area (TPSA) is 84.9 Å². The highest BCUT2D eigenvalue weighted by molar-refractivity contribution is 7.92. The van der Waals surface area contributed by atoms with Crippen molar-refractivity contribution in [3.8, 4) is 11.5 Å². The highest BCUT2D eigenvalue weighted by Gasteiger charge is 2.39. The van der Waals surface area contributed by atoms with E-state index in [2.05, 4.69) is 19.2 Å². The van der Waals surface area contributed by atoms with E-state index in [1.165, 1.54) is 11.4 Å². The maximum absolute atomic E-state index is 13.0. The highest BCUT2D eigenvalue weighted by Crippen LogP contribution is 2.42. The number of sulfonamides is 1. The molecule has 8 heteroatoms. The molecular formula is C24H32N2O5S. The zero-order chi connectivity index (χ0) is 23.5. The molecule has 1 N–H and O–H groups in total. The third-order valence-electron chi connectivity index (χ3n) is 6.18. The number of ether oxygens (including phenoxy) is 2. The lowest BCUT2D eigenvalue weighted by molar-refractivity contribution is -0.128. The maximum atomic E-state index is 13.0. The van der Waals surface area contributed by atoms with E-state index in [1.807, 2.05) is 24.3 Å². The summed E-state index contributed by atoms with van der Waals surface area (Å²) in [5, 5.41) is 3.14. The Morgan fingerprint density at radius 2 is 1.81 bits per heavy atom. The first-order valence-corrected chi connectivity index (χ1v) is 12.7. The minimum absolute atomic E-state index is 0.163. The van der Waals surface area contributed by atoms with Crippen LogP contribution in [0.5, 0.6) is 11.5 Å². The van der Waals surface area contributed by atoms with Crippen molar-refractivity contribution in [2.75, 3.05) is 17.6 Å². The number of hydrogen-bond donors (Lipinski definition) is 1. The number of nitrogens with one attached hydrogen (secondary N) is 1. The van der Waals surface area contributed by atoms with E-state index in [9.17, 15) is 13.2 Å². The number of anilines is 1. The van der Waals surface area contributed by atoms with E-state index in [-0.39, 0.29) is 17.6 Å². The lowest BCUT2D eigenvalue weighted by atomic mass is 9.83. The maximum Gasteiger partial charge on any atom is 0.261 e. The van der Waals surface area contributed by atoms with Gasteiger partial charge in [0.25, 0.3) is 5.91 Å². The van der Waals surface area contributed by atoms with E-state index in [0.717, 1.165) is 30.4 Å². The van der Waals surface area contributed by atoms with Gasteiger partial charge in [-0.2, -0.15) is 0 Å². The monoisotopic (exact) mass is 460 g/mol. The third kappa shape index (κ3) is 5.18. The standard InChI is InChI=1S/C24H32N2O5S/c1-6-24(7-2)16-21(20-10-8-9-11-22(20)31-24)25-23(27)17(3)30-19-14-12-18(13-15-19)26(4)32(5,28)29/h8-15,17,21H,6-7,16H2,1-5H3,(H,25,27)/t17-,21+/m0/s1. The molecule has 1 aliphatic heterocycles. The number of carbonyl (C=O) groups is 1. The van der Waals surface area contributed by atoms with Crippen LogP contribution < -0.4 is 19.1 Å². The van der Waals surface area contributed by atoms with E-state index >= 15 is 0 Å². The van der Waals surface area contributed by atoms with Gasteiger partial charge in [-0.05, 0) is 50.1 Å². The second-order valence-corrected chi connectivity index (χ2v) is 10.3. The molecule has 174 valence electrons. The molecule has 2 aromatic rings. The summed E-state index contributed by atoms with van der Waals surface area (Å²) in [6.07, 6.45) is 2.82. The van der Waals surface area contributed by atoms with Gasteiger partial charge in [-0.1, -0.05) is 32.0 Å². The SMILES string of the molecule is CCC1(CC)C[C@@H](NC(=O)[C@H](C)Oc2ccc(N(C)S(C)(=O)=O)cc2)c2ccccc2O1. The van der Waals surface area contributed by atoms with Crippen LogP contribution in [0.3, 0.4) is 0 Å². The molecular weight excluding hydrogens is 428 g/mol. The molecule has 0 aliphatic carbocycles. The molecule has 1 heterocycles. The smallest absolute Gasteiger partial charge is 0.261 e. The van der Waals surface area contributed by atoms with Crippen LogP contribution in [0.25, 0.3) is 0 Å². The Labute approximate surface area is 190 Å². The van der Waals surface area contributed by atoms with Crippen molar-refractivity contribution in [1.82, 2.24) is 5.32 Å². The summed E-state index contributed by atoms with van der Waals surface area (Å²) in [6.45, 7) is 5.91. The predicted octanol–water partition coefficient (Wildman–Crippen LogP) is 4.05. The molecule has 0 spiro atoms. The van der Waals surface area contributed by atoms with Crippen LogP contribution in [-0.4, -0.2) is 39.3 Å². The molecule has 7 nitrogen and oxygen atoms in total. The van der Waals surface area contributed by atoms with Crippen LogP contribution in [0.4, 0.5) is 5.69 Å². The van der Waals surface area contributed by atoms with Gasteiger partial charge in [-0.15, -0.1) is 0 Å². The summed E-state index contributed by atoms with van der Waals surface area (Å²) < 4.78 is 36.7. The first kappa shape index (κ1) is 23.9. The molecule has 1 aliphatic rings. The molecule has 3 rings (SSSR count). The van der Waals surface area contributed by atoms with E-state index in [0.29, 0.717) is 17.9 Å². The van der Waals surface area contributed by atoms with Gasteiger partial charge < -0.3 is 14.8 Å². The number of carbonyl (C=O) groups excluding carboxylic acids is 1. The molecule has 0 unspecified atom stereocenters. The number of hydrogen-bond acceptors (Lipinski definition) is 5. The van der Waals surface area contributed by atoms with Crippen molar-refractivity contribution >= 4 is 21.6 Å². The largest absolute Gasteiger partial charge is 0.487 e. The van der Waals surface area contributed by atoms with Gasteiger partial charge in [-0.25, -0.2) is 8.42 Å². The normalized spacial score (nSPS) is 18.1. The molecule has 0 saturated carbocycles. The van der Waals surface area contributed by atoms with Crippen molar-refractivity contribution in [3.63, 3.8) is 0 Å². The number of para-hydroxylation sites is 1. The molecule has 2 aromatic carbocycles. The lowest BCUT2D eigenvalue weighted by Gasteiger charge is -2.41. The molecule has 0 radical (unpaired) electrons. The van der Waals surface area contributed by atoms with E-state index < -0.39 is 16.1 Å². The van der Waals surface area contributed by atoms with Gasteiger partial charge in [0.2, 0.25) is 10.0 Å². The molecule has 0 aromatic heterocycles. The summed E-state index contributed by atoms with van der Waals surface area (Å²) in [6, 6.07) is 14.3. The van der Waals surface area contributed by atoms with Crippen molar-refractivity contribution in [2.45, 2.75) is 57.8 Å². The summed E-state index contributed by atoms with van der Waals surface area (Å²) >= 11 is 0. The zero-order valence-electron chi connectivity index (χ0n) is 19.3. The first-order chi connectivity index (χ1) is 15.1. The van der Waals surface area contributed by atoms with Gasteiger partial charge in [0.1, 0.15) is 17.1 Å². The molecule has 0 fully saturated rings. The number of fused-ring (bicyclic) bond motifs is 1. The zero-order valence-corrected chi connectivity index (χ0v) is 20.1. The summed E-state index contributed by atoms with van der Waals surface area (Å²) in [4.78, 5) is 13.0. The Bertz CT molecular complexity index is 1050. The van der Waals surface area contributed by atoms with Gasteiger partial charge >= 0.3 is 0 Å². The van der Waals surface area contributed by atoms with Gasteiger partial charge in [0.15, 0.2) is 6.10 Å². The Balaban J connectivity index is 1.70. The molecule has 32 heavy (non-hydrogen) atoms. The Morgan fingerprint density at radius 3 is 2.41 bits per heavy atom. The van der Waals surface area contributed by atoms with Crippen LogP contribution in [0.1, 0.15) is 51.6 Å². The Morgan fingerprint density at radius 1 is 1.19 bits per heavy atom. The van der Waals surface area contributed by atoms with Crippen LogP contribution in [-0.2, 0) is 14.8 Å². The minimum Gasteiger partial charge on any atom is -0.487 e. The van der Waals surface area contributed by atoms with Crippen LogP contribution in [0.2, 0.25) is 0 Å². The van der Waals surface area contributed by atoms with Crippen molar-refractivity contribution < 1.29 is 22.7 Å². The molecule has 1 amide bonds. The summed E-state index contributed by atoms with van der Waals surface area (Å²) in [5.41, 5.74) is 1.18. The van der Waals surface area contributed by atoms with Crippen molar-refractivity contribution in [3.05, 3.63) is 54.1 Å². The fourth-order valence-electron chi connectivity index (χ4n) is 3.90. The van der Waals surface area contributed by atoms with Crippen LogP contribution in [0, 0.1) is 0 Å². The number of benzene rings is 2. The fraction of sp³-hybridized carbons (Fsp3) is 0.458. The first-order valence-electron chi connectivity index (χ1n) is 10.9. The summed E-state index contributed by atoms with van der Waals surface area (Å²) in [7, 11) is -1.86. The number of amides is 1. The third-order valence-corrected chi connectivity index (χ3v) is 7.39. The highest BCUT2D eigenvalue weighted by atomic mass is 32.2. The van der Waals surface area contributed by atoms with Gasteiger partial charge in [-0.3, -0.25) is 9.10 Å². The fourth-order valence-corrected chi connectivity index (χ4v) is 4.41. The molecule has 0 saturated heterocycles. The molecule has 2 atom stereocenters. The second kappa shape index (κ2) is 9.40. The van der Waals surface area contributed by atoms with Gasteiger partial charge in [0.05, 0.1) is 18.0 Å². The number of rotatable bonds is 8. The number of nitrogens with zero attached hydrogens (tertiary/aromatic N) is 1. The average molecular weight is 461 g/mol. The summed E-state index contributed by atoms with van der Waals surface area (Å²) in [5.74, 6) is 1.08. The molecule has 0 bridgehead atoms. The van der Waals surface area contributed by atoms with E-state index in [1.54, 1.807) is 31.2 Å². The average Bonchev–Trinajstić information content (AvgIpc) is 2.78. The van der Waals surface area contributed by atoms with Crippen molar-refractivity contribution in [1.29, 1.82) is 0 Å². The van der Waals surface area contributed by atoms with Crippen molar-refractivity contribution in [2.24, 2.45) is 0 Å². The lowest BCUT2D eigenvalue weighted by Crippen LogP contribution is -2.46. The van der Waals surface area contributed by atoms with Crippen LogP contribution in [0.15, 0.2) is 48.5 Å². The second-order valence-electron chi connectivity index (χ2n) is 8.28. The van der Waals surface area contributed by atoms with Gasteiger partial charge in [0, 0.05) is 19.0 Å². The predicted molar refractivity (Wildman–Crippen MR) is 126 cm³/mol. The Kier molecular flexibility index (Phi) is 7.03. The quantitative estimate of drug-likeness (QED) is 0.642. The van der Waals surface area contributed by atoms with E-state index in [4.69, 9.17) is 9.47 Å².